The van der Waals surface area contributed by atoms with Gasteiger partial charge in [-0.2, -0.15) is 13.2 Å². The Balaban J connectivity index is 1.71. The second-order valence-corrected chi connectivity index (χ2v) is 5.41. The molecule has 2 aromatic heterocycles. The Kier molecular flexibility index (Phi) is 4.32. The maximum atomic E-state index is 12.3. The van der Waals surface area contributed by atoms with Crippen LogP contribution in [0.5, 0.6) is 0 Å². The van der Waals surface area contributed by atoms with E-state index in [9.17, 15) is 13.2 Å². The van der Waals surface area contributed by atoms with Crippen LogP contribution in [0.2, 0.25) is 0 Å². The minimum absolute atomic E-state index is 0.163. The average Bonchev–Trinajstić information content (AvgIpc) is 3.00. The molecule has 0 saturated heterocycles. The summed E-state index contributed by atoms with van der Waals surface area (Å²) in [6, 6.07) is 6.98. The van der Waals surface area contributed by atoms with Crippen LogP contribution in [0.25, 0.3) is 11.0 Å². The Labute approximate surface area is 135 Å². The molecule has 6 nitrogen and oxygen atoms in total. The Morgan fingerprint density at radius 2 is 1.92 bits per heavy atom. The van der Waals surface area contributed by atoms with Crippen LogP contribution in [0.3, 0.4) is 0 Å². The van der Waals surface area contributed by atoms with E-state index in [1.54, 1.807) is 18.0 Å². The van der Waals surface area contributed by atoms with E-state index in [1.807, 2.05) is 12.1 Å². The molecule has 0 radical (unpaired) electrons. The van der Waals surface area contributed by atoms with Gasteiger partial charge in [-0.1, -0.05) is 6.07 Å². The molecule has 0 amide bonds. The number of fused-ring (bicyclic) bond motifs is 1. The molecule has 0 unspecified atom stereocenters. The predicted octanol–water partition coefficient (Wildman–Crippen LogP) is 3.14. The van der Waals surface area contributed by atoms with Gasteiger partial charge in [0.2, 0.25) is 5.95 Å². The standard InChI is InChI=1S/C15H14F3N5O/c1-23(9-10-2-3-12-13(8-10)22-24-21-12)14-19-7-5-11(20-14)4-6-15(16,17)18/h2-3,5,7-8H,4,6,9H2,1H3. The van der Waals surface area contributed by atoms with Gasteiger partial charge in [0.15, 0.2) is 0 Å². The van der Waals surface area contributed by atoms with Crippen molar-refractivity contribution in [3.63, 3.8) is 0 Å². The third-order valence-corrected chi connectivity index (χ3v) is 3.44. The van der Waals surface area contributed by atoms with E-state index in [4.69, 9.17) is 0 Å². The molecule has 0 bridgehead atoms. The monoisotopic (exact) mass is 337 g/mol. The van der Waals surface area contributed by atoms with Crippen LogP contribution < -0.4 is 4.90 Å². The van der Waals surface area contributed by atoms with Crippen LogP contribution >= 0.6 is 0 Å². The van der Waals surface area contributed by atoms with Crippen LogP contribution in [0.15, 0.2) is 35.1 Å². The van der Waals surface area contributed by atoms with Crippen LogP contribution in [-0.4, -0.2) is 33.5 Å². The molecule has 0 aliphatic carbocycles. The maximum absolute atomic E-state index is 12.3. The summed E-state index contributed by atoms with van der Waals surface area (Å²) < 4.78 is 41.6. The molecular weight excluding hydrogens is 323 g/mol. The van der Waals surface area contributed by atoms with Gasteiger partial charge in [0.05, 0.1) is 0 Å². The minimum Gasteiger partial charge on any atom is -0.340 e. The highest BCUT2D eigenvalue weighted by molar-refractivity contribution is 5.73. The molecule has 0 atom stereocenters. The van der Waals surface area contributed by atoms with Crippen molar-refractivity contribution in [2.24, 2.45) is 0 Å². The lowest BCUT2D eigenvalue weighted by molar-refractivity contribution is -0.134. The van der Waals surface area contributed by atoms with Crippen molar-refractivity contribution in [2.45, 2.75) is 25.6 Å². The molecule has 0 spiro atoms. The Bertz CT molecular complexity index is 833. The van der Waals surface area contributed by atoms with E-state index < -0.39 is 12.6 Å². The number of aromatic nitrogens is 4. The molecular formula is C15H14F3N5O. The lowest BCUT2D eigenvalue weighted by Gasteiger charge is -2.17. The molecule has 0 aliphatic rings. The van der Waals surface area contributed by atoms with Crippen LogP contribution in [-0.2, 0) is 13.0 Å². The lowest BCUT2D eigenvalue weighted by Crippen LogP contribution is -2.19. The van der Waals surface area contributed by atoms with Gasteiger partial charge in [0, 0.05) is 31.9 Å². The largest absolute Gasteiger partial charge is 0.389 e. The first-order valence-corrected chi connectivity index (χ1v) is 7.22. The fourth-order valence-corrected chi connectivity index (χ4v) is 2.25. The highest BCUT2D eigenvalue weighted by Crippen LogP contribution is 2.22. The highest BCUT2D eigenvalue weighted by atomic mass is 19.4. The Morgan fingerprint density at radius 1 is 1.12 bits per heavy atom. The van der Waals surface area contributed by atoms with E-state index in [0.717, 1.165) is 5.56 Å². The first-order chi connectivity index (χ1) is 11.4. The van der Waals surface area contributed by atoms with Crippen molar-refractivity contribution in [1.29, 1.82) is 0 Å². The molecule has 1 aromatic carbocycles. The molecule has 3 aromatic rings. The van der Waals surface area contributed by atoms with Gasteiger partial charge in [0.1, 0.15) is 11.0 Å². The fourth-order valence-electron chi connectivity index (χ4n) is 2.25. The smallest absolute Gasteiger partial charge is 0.340 e. The number of rotatable bonds is 5. The summed E-state index contributed by atoms with van der Waals surface area (Å²) in [6.45, 7) is 0.478. The molecule has 9 heteroatoms. The van der Waals surface area contributed by atoms with Crippen molar-refractivity contribution in [3.05, 3.63) is 41.7 Å². The summed E-state index contributed by atoms with van der Waals surface area (Å²) in [5.41, 5.74) is 2.60. The second kappa shape index (κ2) is 6.42. The van der Waals surface area contributed by atoms with Gasteiger partial charge < -0.3 is 4.90 Å². The molecule has 126 valence electrons. The fraction of sp³-hybridized carbons (Fsp3) is 0.333. The Hall–Kier alpha value is -2.71. The van der Waals surface area contributed by atoms with Gasteiger partial charge in [-0.3, -0.25) is 0 Å². The highest BCUT2D eigenvalue weighted by Gasteiger charge is 2.26. The lowest BCUT2D eigenvalue weighted by atomic mass is 10.2. The topological polar surface area (TPSA) is 67.9 Å². The van der Waals surface area contributed by atoms with Crippen LogP contribution in [0.4, 0.5) is 19.1 Å². The molecule has 0 saturated carbocycles. The van der Waals surface area contributed by atoms with Crippen LogP contribution in [0.1, 0.15) is 17.7 Å². The van der Waals surface area contributed by atoms with Crippen LogP contribution in [0, 0.1) is 0 Å². The van der Waals surface area contributed by atoms with E-state index >= 15 is 0 Å². The summed E-state index contributed by atoms with van der Waals surface area (Å²) >= 11 is 0. The van der Waals surface area contributed by atoms with Gasteiger partial charge >= 0.3 is 6.18 Å². The normalized spacial score (nSPS) is 11.8. The van der Waals surface area contributed by atoms with E-state index in [1.165, 1.54) is 12.3 Å². The number of anilines is 1. The molecule has 0 fully saturated rings. The number of hydrogen-bond acceptors (Lipinski definition) is 6. The van der Waals surface area contributed by atoms with Gasteiger partial charge in [0.25, 0.3) is 0 Å². The predicted molar refractivity (Wildman–Crippen MR) is 80.3 cm³/mol. The van der Waals surface area contributed by atoms with Gasteiger partial charge in [-0.25, -0.2) is 14.6 Å². The molecule has 3 rings (SSSR count). The SMILES string of the molecule is CN(Cc1ccc2nonc2c1)c1nccc(CCC(F)(F)F)n1. The average molecular weight is 337 g/mol. The molecule has 2 heterocycles. The quantitative estimate of drug-likeness (QED) is 0.712. The molecule has 0 N–H and O–H groups in total. The van der Waals surface area contributed by atoms with Gasteiger partial charge in [-0.05, 0) is 40.5 Å². The van der Waals surface area contributed by atoms with Crippen molar-refractivity contribution in [1.82, 2.24) is 20.3 Å². The van der Waals surface area contributed by atoms with Gasteiger partial charge in [-0.15, -0.1) is 0 Å². The maximum Gasteiger partial charge on any atom is 0.389 e. The molecule has 24 heavy (non-hydrogen) atoms. The van der Waals surface area contributed by atoms with Crippen molar-refractivity contribution in [2.75, 3.05) is 11.9 Å². The van der Waals surface area contributed by atoms with E-state index in [0.29, 0.717) is 29.2 Å². The summed E-state index contributed by atoms with van der Waals surface area (Å²) in [6.07, 6.45) is -3.79. The number of hydrogen-bond donors (Lipinski definition) is 0. The summed E-state index contributed by atoms with van der Waals surface area (Å²) in [5.74, 6) is 0.369. The molecule has 0 aliphatic heterocycles. The van der Waals surface area contributed by atoms with Crippen molar-refractivity contribution < 1.29 is 17.8 Å². The summed E-state index contributed by atoms with van der Waals surface area (Å²) in [7, 11) is 1.77. The number of alkyl halides is 3. The zero-order chi connectivity index (χ0) is 17.2. The number of nitrogens with zero attached hydrogens (tertiary/aromatic N) is 5. The second-order valence-electron chi connectivity index (χ2n) is 5.41. The van der Waals surface area contributed by atoms with E-state index in [2.05, 4.69) is 24.9 Å². The third kappa shape index (κ3) is 3.98. The van der Waals surface area contributed by atoms with E-state index in [-0.39, 0.29) is 6.42 Å². The van der Waals surface area contributed by atoms with Crippen molar-refractivity contribution >= 4 is 17.0 Å². The zero-order valence-corrected chi connectivity index (χ0v) is 12.8. The first kappa shape index (κ1) is 16.2. The number of benzene rings is 1. The minimum atomic E-state index is -4.20. The zero-order valence-electron chi connectivity index (χ0n) is 12.8. The number of halogens is 3. The third-order valence-electron chi connectivity index (χ3n) is 3.44. The van der Waals surface area contributed by atoms with Crippen molar-refractivity contribution in [3.8, 4) is 0 Å². The summed E-state index contributed by atoms with van der Waals surface area (Å²) in [4.78, 5) is 10.1. The summed E-state index contributed by atoms with van der Waals surface area (Å²) in [5, 5.41) is 7.51. The Morgan fingerprint density at radius 3 is 2.71 bits per heavy atom. The number of aryl methyl sites for hydroxylation is 1. The first-order valence-electron chi connectivity index (χ1n) is 7.22.